The van der Waals surface area contributed by atoms with Crippen LogP contribution in [0.25, 0.3) is 11.4 Å². The first-order valence-electron chi connectivity index (χ1n) is 10.1. The summed E-state index contributed by atoms with van der Waals surface area (Å²) < 4.78 is 6.07. The molecule has 5 nitrogen and oxygen atoms in total. The van der Waals surface area contributed by atoms with E-state index in [0.29, 0.717) is 18.1 Å². The monoisotopic (exact) mass is 409 g/mol. The molecule has 0 aliphatic rings. The molecule has 1 aromatic heterocycles. The fourth-order valence-corrected chi connectivity index (χ4v) is 3.09. The molecule has 4 aromatic rings. The molecule has 3 aromatic carbocycles. The van der Waals surface area contributed by atoms with E-state index in [1.807, 2.05) is 92.7 Å². The van der Waals surface area contributed by atoms with Crippen molar-refractivity contribution in [3.05, 3.63) is 107 Å². The minimum absolute atomic E-state index is 0.225. The second kappa shape index (κ2) is 9.22. The van der Waals surface area contributed by atoms with Crippen LogP contribution in [0.1, 0.15) is 27.0 Å². The van der Waals surface area contributed by atoms with Gasteiger partial charge in [0, 0.05) is 18.3 Å². The predicted molar refractivity (Wildman–Crippen MR) is 121 cm³/mol. The summed E-state index contributed by atoms with van der Waals surface area (Å²) >= 11 is 0. The van der Waals surface area contributed by atoms with Crippen molar-refractivity contribution < 1.29 is 9.53 Å². The van der Waals surface area contributed by atoms with Gasteiger partial charge in [-0.3, -0.25) is 4.79 Å². The molecule has 0 unspecified atom stereocenters. The SMILES string of the molecule is Cc1ccc(Oc2nc(-c3ccccc3)ncc2C(=O)NCc2ccccc2)cc1C. The van der Waals surface area contributed by atoms with Gasteiger partial charge in [0.1, 0.15) is 11.3 Å². The van der Waals surface area contributed by atoms with Gasteiger partial charge in [-0.1, -0.05) is 66.7 Å². The van der Waals surface area contributed by atoms with Gasteiger partial charge >= 0.3 is 0 Å². The Morgan fingerprint density at radius 2 is 1.61 bits per heavy atom. The number of nitrogens with one attached hydrogen (secondary N) is 1. The molecule has 0 fully saturated rings. The zero-order valence-electron chi connectivity index (χ0n) is 17.5. The lowest BCUT2D eigenvalue weighted by molar-refractivity contribution is 0.0947. The fraction of sp³-hybridized carbons (Fsp3) is 0.115. The van der Waals surface area contributed by atoms with Crippen LogP contribution in [-0.4, -0.2) is 15.9 Å². The molecule has 0 saturated heterocycles. The van der Waals surface area contributed by atoms with Crippen molar-refractivity contribution in [1.82, 2.24) is 15.3 Å². The van der Waals surface area contributed by atoms with E-state index in [2.05, 4.69) is 15.3 Å². The van der Waals surface area contributed by atoms with Gasteiger partial charge in [-0.2, -0.15) is 4.98 Å². The average Bonchev–Trinajstić information content (AvgIpc) is 2.81. The van der Waals surface area contributed by atoms with Gasteiger partial charge in [0.25, 0.3) is 5.91 Å². The third-order valence-electron chi connectivity index (χ3n) is 5.02. The summed E-state index contributed by atoms with van der Waals surface area (Å²) in [5.74, 6) is 1.06. The third kappa shape index (κ3) is 4.95. The highest BCUT2D eigenvalue weighted by Crippen LogP contribution is 2.27. The summed E-state index contributed by atoms with van der Waals surface area (Å²) in [6.07, 6.45) is 1.52. The van der Waals surface area contributed by atoms with Gasteiger partial charge in [-0.15, -0.1) is 0 Å². The van der Waals surface area contributed by atoms with Crippen LogP contribution >= 0.6 is 0 Å². The van der Waals surface area contributed by atoms with E-state index in [0.717, 1.165) is 16.7 Å². The van der Waals surface area contributed by atoms with Crippen molar-refractivity contribution >= 4 is 5.91 Å². The van der Waals surface area contributed by atoms with Crippen molar-refractivity contribution in [1.29, 1.82) is 0 Å². The van der Waals surface area contributed by atoms with Crippen molar-refractivity contribution in [2.24, 2.45) is 0 Å². The molecular weight excluding hydrogens is 386 g/mol. The van der Waals surface area contributed by atoms with E-state index in [1.165, 1.54) is 11.8 Å². The van der Waals surface area contributed by atoms with E-state index in [4.69, 9.17) is 4.74 Å². The normalized spacial score (nSPS) is 10.5. The Hall–Kier alpha value is -3.99. The summed E-state index contributed by atoms with van der Waals surface area (Å²) in [6.45, 7) is 4.47. The maximum atomic E-state index is 12.9. The van der Waals surface area contributed by atoms with Crippen LogP contribution in [0.2, 0.25) is 0 Å². The molecule has 0 aliphatic heterocycles. The molecule has 31 heavy (non-hydrogen) atoms. The minimum atomic E-state index is -0.290. The maximum absolute atomic E-state index is 12.9. The highest BCUT2D eigenvalue weighted by molar-refractivity contribution is 5.96. The maximum Gasteiger partial charge on any atom is 0.258 e. The van der Waals surface area contributed by atoms with E-state index in [9.17, 15) is 4.79 Å². The number of hydrogen-bond donors (Lipinski definition) is 1. The molecule has 1 amide bonds. The Kier molecular flexibility index (Phi) is 6.03. The van der Waals surface area contributed by atoms with E-state index in [-0.39, 0.29) is 17.4 Å². The topological polar surface area (TPSA) is 64.1 Å². The van der Waals surface area contributed by atoms with Crippen LogP contribution < -0.4 is 10.1 Å². The number of aryl methyl sites for hydroxylation is 2. The van der Waals surface area contributed by atoms with Crippen molar-refractivity contribution in [3.63, 3.8) is 0 Å². The van der Waals surface area contributed by atoms with Crippen molar-refractivity contribution in [2.75, 3.05) is 0 Å². The average molecular weight is 409 g/mol. The zero-order chi connectivity index (χ0) is 21.6. The van der Waals surface area contributed by atoms with Crippen molar-refractivity contribution in [2.45, 2.75) is 20.4 Å². The van der Waals surface area contributed by atoms with Crippen LogP contribution in [0.5, 0.6) is 11.6 Å². The second-order valence-electron chi connectivity index (χ2n) is 7.29. The molecular formula is C26H23N3O2. The second-order valence-corrected chi connectivity index (χ2v) is 7.29. The number of hydrogen-bond acceptors (Lipinski definition) is 4. The van der Waals surface area contributed by atoms with E-state index >= 15 is 0 Å². The van der Waals surface area contributed by atoms with Gasteiger partial charge in [0.15, 0.2) is 5.82 Å². The summed E-state index contributed by atoms with van der Waals surface area (Å²) in [6, 6.07) is 25.1. The molecule has 1 heterocycles. The summed E-state index contributed by atoms with van der Waals surface area (Å²) in [5.41, 5.74) is 4.41. The minimum Gasteiger partial charge on any atom is -0.438 e. The lowest BCUT2D eigenvalue weighted by Gasteiger charge is -2.13. The molecule has 0 bridgehead atoms. The number of aromatic nitrogens is 2. The third-order valence-corrected chi connectivity index (χ3v) is 5.02. The van der Waals surface area contributed by atoms with Crippen LogP contribution in [0.4, 0.5) is 0 Å². The van der Waals surface area contributed by atoms with Gasteiger partial charge in [-0.25, -0.2) is 4.98 Å². The molecule has 0 spiro atoms. The Balaban J connectivity index is 1.65. The Morgan fingerprint density at radius 3 is 2.32 bits per heavy atom. The van der Waals surface area contributed by atoms with Crippen LogP contribution in [0, 0.1) is 13.8 Å². The molecule has 154 valence electrons. The fourth-order valence-electron chi connectivity index (χ4n) is 3.09. The highest BCUT2D eigenvalue weighted by atomic mass is 16.5. The van der Waals surface area contributed by atoms with Crippen molar-refractivity contribution in [3.8, 4) is 23.0 Å². The number of carbonyl (C=O) groups excluding carboxylic acids is 1. The lowest BCUT2D eigenvalue weighted by atomic mass is 10.1. The molecule has 1 N–H and O–H groups in total. The number of carbonyl (C=O) groups is 1. The van der Waals surface area contributed by atoms with Gasteiger partial charge < -0.3 is 10.1 Å². The number of amides is 1. The highest BCUT2D eigenvalue weighted by Gasteiger charge is 2.18. The number of benzene rings is 3. The predicted octanol–water partition coefficient (Wildman–Crippen LogP) is 5.48. The van der Waals surface area contributed by atoms with Gasteiger partial charge in [0.05, 0.1) is 0 Å². The molecule has 0 radical (unpaired) electrons. The summed E-state index contributed by atoms with van der Waals surface area (Å²) in [7, 11) is 0. The molecule has 5 heteroatoms. The molecule has 0 atom stereocenters. The number of rotatable bonds is 6. The largest absolute Gasteiger partial charge is 0.438 e. The smallest absolute Gasteiger partial charge is 0.258 e. The molecule has 4 rings (SSSR count). The summed E-state index contributed by atoms with van der Waals surface area (Å²) in [4.78, 5) is 21.9. The first kappa shape index (κ1) is 20.3. The summed E-state index contributed by atoms with van der Waals surface area (Å²) in [5, 5.41) is 2.92. The van der Waals surface area contributed by atoms with Crippen LogP contribution in [0.3, 0.4) is 0 Å². The van der Waals surface area contributed by atoms with Crippen LogP contribution in [-0.2, 0) is 6.54 Å². The Labute approximate surface area is 181 Å². The van der Waals surface area contributed by atoms with Gasteiger partial charge in [-0.05, 0) is 42.7 Å². The van der Waals surface area contributed by atoms with Crippen LogP contribution in [0.15, 0.2) is 85.1 Å². The zero-order valence-corrected chi connectivity index (χ0v) is 17.5. The van der Waals surface area contributed by atoms with Gasteiger partial charge in [0.2, 0.25) is 5.88 Å². The number of ether oxygens (including phenoxy) is 1. The lowest BCUT2D eigenvalue weighted by Crippen LogP contribution is -2.24. The standard InChI is InChI=1S/C26H23N3O2/c1-18-13-14-22(15-19(18)2)31-26-23(25(30)28-16-20-9-5-3-6-10-20)17-27-24(29-26)21-11-7-4-8-12-21/h3-15,17H,16H2,1-2H3,(H,28,30). The first-order chi connectivity index (χ1) is 15.1. The van der Waals surface area contributed by atoms with E-state index < -0.39 is 0 Å². The molecule has 0 aliphatic carbocycles. The van der Waals surface area contributed by atoms with E-state index in [1.54, 1.807) is 0 Å². The first-order valence-corrected chi connectivity index (χ1v) is 10.1. The molecule has 0 saturated carbocycles. The Bertz CT molecular complexity index is 1190. The Morgan fingerprint density at radius 1 is 0.903 bits per heavy atom. The number of nitrogens with zero attached hydrogens (tertiary/aromatic N) is 2. The quantitative estimate of drug-likeness (QED) is 0.458.